The first-order chi connectivity index (χ1) is 11.6. The summed E-state index contributed by atoms with van der Waals surface area (Å²) in [5.41, 5.74) is -0.382. The van der Waals surface area contributed by atoms with E-state index in [4.69, 9.17) is 4.74 Å². The van der Waals surface area contributed by atoms with Gasteiger partial charge < -0.3 is 9.84 Å². The lowest BCUT2D eigenvalue weighted by atomic mass is 9.73. The third-order valence-corrected chi connectivity index (χ3v) is 5.42. The van der Waals surface area contributed by atoms with E-state index in [0.717, 1.165) is 4.47 Å². The normalized spacial score (nSPS) is 15.0. The highest BCUT2D eigenvalue weighted by atomic mass is 79.9. The van der Waals surface area contributed by atoms with Gasteiger partial charge in [-0.1, -0.05) is 49.4 Å². The molecule has 0 saturated carbocycles. The fraction of sp³-hybridized carbons (Fsp3) is 0.579. The molecule has 7 heteroatoms. The molecule has 2 nitrogen and oxygen atoms in total. The van der Waals surface area contributed by atoms with E-state index in [1.165, 1.54) is 7.11 Å². The number of aliphatic hydroxyl groups is 1. The molecule has 1 atom stereocenters. The fourth-order valence-corrected chi connectivity index (χ4v) is 3.73. The lowest BCUT2D eigenvalue weighted by Gasteiger charge is -2.37. The fourth-order valence-electron chi connectivity index (χ4n) is 2.75. The molecule has 1 N–H and O–H groups in total. The topological polar surface area (TPSA) is 29.5 Å². The molecule has 1 rings (SSSR count). The highest BCUT2D eigenvalue weighted by Gasteiger charge is 2.55. The third kappa shape index (κ3) is 6.03. The Labute approximate surface area is 163 Å². The molecule has 0 fully saturated rings. The van der Waals surface area contributed by atoms with Crippen LogP contribution in [0.4, 0.5) is 13.2 Å². The summed E-state index contributed by atoms with van der Waals surface area (Å²) in [6.45, 7) is 9.18. The van der Waals surface area contributed by atoms with Gasteiger partial charge >= 0.3 is 6.18 Å². The minimum absolute atomic E-state index is 0.482. The van der Waals surface area contributed by atoms with Crippen LogP contribution in [0.1, 0.15) is 32.3 Å². The van der Waals surface area contributed by atoms with E-state index in [-0.39, 0.29) is 0 Å². The average molecular weight is 451 g/mol. The van der Waals surface area contributed by atoms with Crippen LogP contribution in [-0.2, 0) is 5.41 Å². The Morgan fingerprint density at radius 3 is 2.23 bits per heavy atom. The van der Waals surface area contributed by atoms with Crippen molar-refractivity contribution in [2.45, 2.75) is 63.5 Å². The molecule has 0 aliphatic heterocycles. The number of hydrogen-bond donors (Lipinski definition) is 1. The predicted octanol–water partition coefficient (Wildman–Crippen LogP) is 5.69. The van der Waals surface area contributed by atoms with Crippen LogP contribution in [0.25, 0.3) is 0 Å². The summed E-state index contributed by atoms with van der Waals surface area (Å²) in [5, 5.41) is 10.5. The molecule has 1 aromatic rings. The first-order valence-corrected chi connectivity index (χ1v) is 12.5. The van der Waals surface area contributed by atoms with Crippen LogP contribution in [0.2, 0.25) is 19.6 Å². The first-order valence-electron chi connectivity index (χ1n) is 8.24. The van der Waals surface area contributed by atoms with Crippen molar-refractivity contribution >= 4 is 24.0 Å². The summed E-state index contributed by atoms with van der Waals surface area (Å²) in [4.78, 5) is 0. The standard InChI is InChI=1S/C19H26BrF3O2Si/c1-17(2,15-12-14(20)8-9-16(15)25-3)13-18(24,19(21,22)23)10-7-11-26(4,5)6/h8-9,12,24H,10,13H2,1-6H3. The Bertz CT molecular complexity index is 699. The molecule has 0 radical (unpaired) electrons. The van der Waals surface area contributed by atoms with Gasteiger partial charge in [0.25, 0.3) is 0 Å². The van der Waals surface area contributed by atoms with Crippen LogP contribution in [0, 0.1) is 11.5 Å². The van der Waals surface area contributed by atoms with Crippen LogP contribution in [0.15, 0.2) is 22.7 Å². The number of rotatable bonds is 5. The molecule has 0 bridgehead atoms. The minimum Gasteiger partial charge on any atom is -0.496 e. The number of hydrogen-bond acceptors (Lipinski definition) is 2. The van der Waals surface area contributed by atoms with Crippen molar-refractivity contribution in [2.75, 3.05) is 7.11 Å². The van der Waals surface area contributed by atoms with Crippen LogP contribution >= 0.6 is 15.9 Å². The summed E-state index contributed by atoms with van der Waals surface area (Å²) in [5.74, 6) is 3.07. The Morgan fingerprint density at radius 2 is 1.77 bits per heavy atom. The lowest BCUT2D eigenvalue weighted by Crippen LogP contribution is -2.49. The van der Waals surface area contributed by atoms with Gasteiger partial charge in [-0.15, -0.1) is 11.5 Å². The zero-order valence-corrected chi connectivity index (χ0v) is 18.6. The van der Waals surface area contributed by atoms with Gasteiger partial charge in [-0.3, -0.25) is 0 Å². The van der Waals surface area contributed by atoms with Gasteiger partial charge in [0.2, 0.25) is 0 Å². The maximum absolute atomic E-state index is 13.7. The predicted molar refractivity (Wildman–Crippen MR) is 105 cm³/mol. The molecule has 1 aromatic carbocycles. The van der Waals surface area contributed by atoms with Crippen LogP contribution in [0.5, 0.6) is 5.75 Å². The summed E-state index contributed by atoms with van der Waals surface area (Å²) in [6, 6.07) is 5.18. The van der Waals surface area contributed by atoms with Crippen molar-refractivity contribution in [3.05, 3.63) is 28.2 Å². The maximum atomic E-state index is 13.7. The van der Waals surface area contributed by atoms with Crippen molar-refractivity contribution in [1.29, 1.82) is 0 Å². The van der Waals surface area contributed by atoms with Gasteiger partial charge in [0, 0.05) is 16.5 Å². The summed E-state index contributed by atoms with van der Waals surface area (Å²) in [6.07, 6.45) is -5.94. The van der Waals surface area contributed by atoms with Gasteiger partial charge in [0.15, 0.2) is 5.60 Å². The van der Waals surface area contributed by atoms with Crippen molar-refractivity contribution in [3.63, 3.8) is 0 Å². The van der Waals surface area contributed by atoms with E-state index in [2.05, 4.69) is 27.4 Å². The zero-order chi connectivity index (χ0) is 20.4. The average Bonchev–Trinajstić information content (AvgIpc) is 2.44. The van der Waals surface area contributed by atoms with Crippen molar-refractivity contribution in [2.24, 2.45) is 0 Å². The van der Waals surface area contributed by atoms with E-state index in [1.807, 2.05) is 19.6 Å². The number of halogens is 4. The maximum Gasteiger partial charge on any atom is 0.418 e. The van der Waals surface area contributed by atoms with E-state index >= 15 is 0 Å². The Balaban J connectivity index is 3.29. The Morgan fingerprint density at radius 1 is 1.19 bits per heavy atom. The third-order valence-electron chi connectivity index (χ3n) is 4.00. The Hall–Kier alpha value is -0.973. The molecule has 0 aromatic heterocycles. The van der Waals surface area contributed by atoms with Crippen LogP contribution in [-0.4, -0.2) is 32.1 Å². The molecule has 146 valence electrons. The molecule has 0 spiro atoms. The van der Waals surface area contributed by atoms with Gasteiger partial charge in [0.1, 0.15) is 13.8 Å². The van der Waals surface area contributed by atoms with E-state index in [9.17, 15) is 18.3 Å². The van der Waals surface area contributed by atoms with Crippen molar-refractivity contribution < 1.29 is 23.0 Å². The van der Waals surface area contributed by atoms with Crippen LogP contribution in [0.3, 0.4) is 0 Å². The second-order valence-electron chi connectivity index (χ2n) is 8.16. The molecule has 0 saturated heterocycles. The number of ether oxygens (including phenoxy) is 1. The summed E-state index contributed by atoms with van der Waals surface area (Å²) >= 11 is 3.34. The number of benzene rings is 1. The smallest absolute Gasteiger partial charge is 0.418 e. The zero-order valence-electron chi connectivity index (χ0n) is 16.0. The number of alkyl halides is 3. The summed E-state index contributed by atoms with van der Waals surface area (Å²) in [7, 11) is -0.356. The van der Waals surface area contributed by atoms with Gasteiger partial charge in [-0.25, -0.2) is 0 Å². The van der Waals surface area contributed by atoms with E-state index in [0.29, 0.717) is 11.3 Å². The van der Waals surface area contributed by atoms with Gasteiger partial charge in [-0.2, -0.15) is 13.2 Å². The van der Waals surface area contributed by atoms with Gasteiger partial charge in [0.05, 0.1) is 7.11 Å². The number of methoxy groups -OCH3 is 1. The first kappa shape index (κ1) is 23.1. The molecule has 0 aliphatic rings. The SMILES string of the molecule is COc1ccc(Br)cc1C(C)(C)CC(O)(CC#C[Si](C)(C)C)C(F)(F)F. The second kappa shape index (κ2) is 7.95. The van der Waals surface area contributed by atoms with E-state index in [1.54, 1.807) is 32.0 Å². The molecule has 0 heterocycles. The summed E-state index contributed by atoms with van der Waals surface area (Å²) < 4.78 is 47.1. The molecule has 26 heavy (non-hydrogen) atoms. The monoisotopic (exact) mass is 450 g/mol. The highest BCUT2D eigenvalue weighted by molar-refractivity contribution is 9.10. The minimum atomic E-state index is -4.78. The second-order valence-corrected chi connectivity index (χ2v) is 13.8. The molecule has 1 unspecified atom stereocenters. The van der Waals surface area contributed by atoms with E-state index < -0.39 is 38.1 Å². The molecule has 0 amide bonds. The van der Waals surface area contributed by atoms with Gasteiger partial charge in [-0.05, 0) is 30.0 Å². The molecule has 0 aliphatic carbocycles. The quantitative estimate of drug-likeness (QED) is 0.461. The van der Waals surface area contributed by atoms with Crippen molar-refractivity contribution in [1.82, 2.24) is 0 Å². The van der Waals surface area contributed by atoms with Crippen LogP contribution < -0.4 is 4.74 Å². The molecular weight excluding hydrogens is 425 g/mol. The lowest BCUT2D eigenvalue weighted by molar-refractivity contribution is -0.264. The highest BCUT2D eigenvalue weighted by Crippen LogP contribution is 2.45. The van der Waals surface area contributed by atoms with Crippen molar-refractivity contribution in [3.8, 4) is 17.2 Å². The Kier molecular flexibility index (Phi) is 7.05. The largest absolute Gasteiger partial charge is 0.496 e. The molecular formula is C19H26BrF3O2Si.